The van der Waals surface area contributed by atoms with Gasteiger partial charge >= 0.3 is 5.97 Å². The van der Waals surface area contributed by atoms with Crippen LogP contribution in [0, 0.1) is 5.41 Å². The summed E-state index contributed by atoms with van der Waals surface area (Å²) in [6.07, 6.45) is -0.350. The first-order valence-electron chi connectivity index (χ1n) is 7.80. The fourth-order valence-corrected chi connectivity index (χ4v) is 2.49. The molecule has 0 bridgehead atoms. The van der Waals surface area contributed by atoms with Crippen molar-refractivity contribution in [3.05, 3.63) is 12.2 Å². The van der Waals surface area contributed by atoms with Gasteiger partial charge in [-0.15, -0.1) is 0 Å². The highest BCUT2D eigenvalue weighted by Gasteiger charge is 2.42. The minimum Gasteiger partial charge on any atom is -0.462 e. The lowest BCUT2D eigenvalue weighted by atomic mass is 9.82. The van der Waals surface area contributed by atoms with E-state index in [1.165, 1.54) is 26.0 Å². The summed E-state index contributed by atoms with van der Waals surface area (Å²) in [5, 5.41) is 39.8. The van der Waals surface area contributed by atoms with Crippen LogP contribution in [0.15, 0.2) is 12.2 Å². The fraction of sp³-hybridized carbons (Fsp3) is 0.812. The van der Waals surface area contributed by atoms with Crippen LogP contribution < -0.4 is 0 Å². The van der Waals surface area contributed by atoms with Crippen LogP contribution in [0.1, 0.15) is 46.5 Å². The van der Waals surface area contributed by atoms with Crippen molar-refractivity contribution >= 4 is 5.97 Å². The van der Waals surface area contributed by atoms with Gasteiger partial charge in [-0.05, 0) is 20.3 Å². The van der Waals surface area contributed by atoms with Gasteiger partial charge in [-0.3, -0.25) is 4.79 Å². The molecule has 6 heteroatoms. The lowest BCUT2D eigenvalue weighted by molar-refractivity contribution is -0.172. The molecule has 0 saturated carbocycles. The second kappa shape index (κ2) is 8.06. The number of esters is 1. The largest absolute Gasteiger partial charge is 0.462 e. The van der Waals surface area contributed by atoms with Crippen molar-refractivity contribution in [2.24, 2.45) is 5.41 Å². The number of ether oxygens (including phenoxy) is 1. The van der Waals surface area contributed by atoms with Crippen LogP contribution in [-0.2, 0) is 9.53 Å². The van der Waals surface area contributed by atoms with E-state index in [0.29, 0.717) is 6.42 Å². The van der Waals surface area contributed by atoms with E-state index in [-0.39, 0.29) is 12.8 Å². The van der Waals surface area contributed by atoms with Crippen molar-refractivity contribution in [1.29, 1.82) is 0 Å². The maximum Gasteiger partial charge on any atom is 0.314 e. The van der Waals surface area contributed by atoms with Crippen molar-refractivity contribution < 1.29 is 30.0 Å². The van der Waals surface area contributed by atoms with E-state index in [1.54, 1.807) is 0 Å². The summed E-state index contributed by atoms with van der Waals surface area (Å²) in [4.78, 5) is 12.3. The molecule has 0 aliphatic carbocycles. The van der Waals surface area contributed by atoms with Gasteiger partial charge in [0.25, 0.3) is 0 Å². The van der Waals surface area contributed by atoms with Crippen LogP contribution in [0.2, 0.25) is 0 Å². The van der Waals surface area contributed by atoms with Crippen molar-refractivity contribution in [3.8, 4) is 0 Å². The third kappa shape index (κ3) is 5.05. The third-order valence-corrected chi connectivity index (χ3v) is 4.05. The second-order valence-electron chi connectivity index (χ2n) is 6.55. The van der Waals surface area contributed by atoms with Crippen molar-refractivity contribution in [2.75, 3.05) is 0 Å². The molecule has 1 heterocycles. The molecule has 0 amide bonds. The molecule has 128 valence electrons. The molecular formula is C16H28O6. The van der Waals surface area contributed by atoms with Crippen molar-refractivity contribution in [2.45, 2.75) is 77.0 Å². The normalized spacial score (nSPS) is 35.5. The predicted octanol–water partition coefficient (Wildman–Crippen LogP) is 0.518. The molecule has 0 saturated heterocycles. The van der Waals surface area contributed by atoms with Crippen molar-refractivity contribution in [1.82, 2.24) is 0 Å². The number of hydrogen-bond acceptors (Lipinski definition) is 6. The van der Waals surface area contributed by atoms with Gasteiger partial charge in [-0.1, -0.05) is 25.5 Å². The summed E-state index contributed by atoms with van der Waals surface area (Å²) in [6, 6.07) is 0. The Morgan fingerprint density at radius 3 is 2.55 bits per heavy atom. The zero-order valence-corrected chi connectivity index (χ0v) is 13.5. The molecule has 0 fully saturated rings. The Morgan fingerprint density at radius 2 is 1.95 bits per heavy atom. The Hall–Kier alpha value is -0.950. The first-order chi connectivity index (χ1) is 10.2. The van der Waals surface area contributed by atoms with Crippen molar-refractivity contribution in [3.63, 3.8) is 0 Å². The molecule has 6 nitrogen and oxygen atoms in total. The van der Waals surface area contributed by atoms with E-state index in [4.69, 9.17) is 4.74 Å². The third-order valence-electron chi connectivity index (χ3n) is 4.05. The molecule has 1 aliphatic heterocycles. The number of hydrogen-bond donors (Lipinski definition) is 4. The standard InChI is InChI=1S/C16H28O6/c1-4-5-10(17)8-12-9-11(18)6-7-13(19)14(20)16(2,3)15(21)22-12/h6-7,10-14,17-20H,4-5,8-9H2,1-3H3/b7-6+/t10-,11+,12-,13-,14-/m0/s1. The summed E-state index contributed by atoms with van der Waals surface area (Å²) < 4.78 is 5.38. The van der Waals surface area contributed by atoms with Crippen LogP contribution in [0.4, 0.5) is 0 Å². The number of carbonyl (C=O) groups is 1. The monoisotopic (exact) mass is 316 g/mol. The van der Waals surface area contributed by atoms with Crippen LogP contribution in [-0.4, -0.2) is 56.9 Å². The van der Waals surface area contributed by atoms with E-state index < -0.39 is 41.9 Å². The SMILES string of the molecule is CCC[C@H](O)C[C@H]1C[C@H](O)/C=C/[C@H](O)[C@H](O)C(C)(C)C(=O)O1. The highest BCUT2D eigenvalue weighted by atomic mass is 16.5. The van der Waals surface area contributed by atoms with Gasteiger partial charge in [0.05, 0.1) is 29.8 Å². The first-order valence-corrected chi connectivity index (χ1v) is 7.80. The molecule has 0 unspecified atom stereocenters. The minimum atomic E-state index is -1.34. The molecule has 0 aromatic rings. The Balaban J connectivity index is 2.94. The average molecular weight is 316 g/mol. The minimum absolute atomic E-state index is 0.141. The van der Waals surface area contributed by atoms with Gasteiger partial charge in [0.1, 0.15) is 6.10 Å². The lowest BCUT2D eigenvalue weighted by Gasteiger charge is -2.34. The Kier molecular flexibility index (Phi) is 6.99. The Bertz CT molecular complexity index is 392. The molecule has 4 N–H and O–H groups in total. The average Bonchev–Trinajstić information content (AvgIpc) is 2.42. The summed E-state index contributed by atoms with van der Waals surface area (Å²) in [5.74, 6) is -0.657. The first kappa shape index (κ1) is 19.1. The number of rotatable bonds is 4. The number of aliphatic hydroxyl groups excluding tert-OH is 4. The molecular weight excluding hydrogens is 288 g/mol. The van der Waals surface area contributed by atoms with E-state index in [2.05, 4.69) is 0 Å². The highest BCUT2D eigenvalue weighted by molar-refractivity contribution is 5.77. The maximum absolute atomic E-state index is 12.3. The zero-order valence-electron chi connectivity index (χ0n) is 13.5. The van der Waals surface area contributed by atoms with Crippen LogP contribution in [0.5, 0.6) is 0 Å². The van der Waals surface area contributed by atoms with E-state index in [1.807, 2.05) is 6.92 Å². The van der Waals surface area contributed by atoms with Crippen LogP contribution in [0.3, 0.4) is 0 Å². The molecule has 1 aliphatic rings. The zero-order chi connectivity index (χ0) is 16.9. The number of carbonyl (C=O) groups excluding carboxylic acids is 1. The van der Waals surface area contributed by atoms with E-state index in [9.17, 15) is 25.2 Å². The van der Waals surface area contributed by atoms with Gasteiger partial charge < -0.3 is 25.2 Å². The molecule has 0 aromatic heterocycles. The summed E-state index contributed by atoms with van der Waals surface area (Å²) in [6.45, 7) is 4.93. The van der Waals surface area contributed by atoms with Gasteiger partial charge in [0.15, 0.2) is 0 Å². The Morgan fingerprint density at radius 1 is 1.32 bits per heavy atom. The number of cyclic esters (lactones) is 1. The number of aliphatic hydroxyl groups is 4. The highest BCUT2D eigenvalue weighted by Crippen LogP contribution is 2.29. The fourth-order valence-electron chi connectivity index (χ4n) is 2.49. The quantitative estimate of drug-likeness (QED) is 0.445. The molecule has 0 aromatic carbocycles. The maximum atomic E-state index is 12.3. The van der Waals surface area contributed by atoms with Gasteiger partial charge in [0.2, 0.25) is 0 Å². The smallest absolute Gasteiger partial charge is 0.314 e. The molecule has 1 rings (SSSR count). The van der Waals surface area contributed by atoms with Gasteiger partial charge in [-0.2, -0.15) is 0 Å². The van der Waals surface area contributed by atoms with E-state index >= 15 is 0 Å². The van der Waals surface area contributed by atoms with Gasteiger partial charge in [0, 0.05) is 12.8 Å². The molecule has 22 heavy (non-hydrogen) atoms. The van der Waals surface area contributed by atoms with Gasteiger partial charge in [-0.25, -0.2) is 0 Å². The second-order valence-corrected chi connectivity index (χ2v) is 6.55. The van der Waals surface area contributed by atoms with E-state index in [0.717, 1.165) is 6.42 Å². The summed E-state index contributed by atoms with van der Waals surface area (Å²) >= 11 is 0. The van der Waals surface area contributed by atoms with Crippen LogP contribution in [0.25, 0.3) is 0 Å². The summed E-state index contributed by atoms with van der Waals surface area (Å²) in [7, 11) is 0. The lowest BCUT2D eigenvalue weighted by Crippen LogP contribution is -2.47. The molecule has 0 radical (unpaired) electrons. The van der Waals surface area contributed by atoms with Crippen LogP contribution >= 0.6 is 0 Å². The predicted molar refractivity (Wildman–Crippen MR) is 81.0 cm³/mol. The Labute approximate surface area is 131 Å². The summed E-state index contributed by atoms with van der Waals surface area (Å²) in [5.41, 5.74) is -1.29. The molecule has 0 spiro atoms. The topological polar surface area (TPSA) is 107 Å². The molecule has 5 atom stereocenters.